The molecule has 2 unspecified atom stereocenters. The van der Waals surface area contributed by atoms with Gasteiger partial charge >= 0.3 is 0 Å². The van der Waals surface area contributed by atoms with Crippen molar-refractivity contribution in [1.82, 2.24) is 10.3 Å². The number of nitrogens with two attached hydrogens (primary N) is 1. The van der Waals surface area contributed by atoms with Crippen molar-refractivity contribution in [3.05, 3.63) is 24.0 Å². The first-order valence-corrected chi connectivity index (χ1v) is 4.76. The Labute approximate surface area is 83.9 Å². The average Bonchev–Trinajstić information content (AvgIpc) is 2.65. The molecule has 2 atom stereocenters. The Bertz CT molecular complexity index is 280. The van der Waals surface area contributed by atoms with E-state index in [1.54, 1.807) is 0 Å². The van der Waals surface area contributed by atoms with E-state index in [0.29, 0.717) is 6.54 Å². The fraction of sp³-hybridized carbons (Fsp3) is 0.500. The number of H-pyrrole nitrogens is 1. The summed E-state index contributed by atoms with van der Waals surface area (Å²) in [4.78, 5) is 14.4. The fourth-order valence-corrected chi connectivity index (χ4v) is 1.06. The molecule has 0 bridgehead atoms. The van der Waals surface area contributed by atoms with Crippen LogP contribution in [0.2, 0.25) is 0 Å². The molecule has 1 aromatic heterocycles. The van der Waals surface area contributed by atoms with Gasteiger partial charge in [0, 0.05) is 30.9 Å². The van der Waals surface area contributed by atoms with Gasteiger partial charge in [0.1, 0.15) is 0 Å². The first kappa shape index (κ1) is 10.8. The topological polar surface area (TPSA) is 70.9 Å². The lowest BCUT2D eigenvalue weighted by molar-refractivity contribution is -0.125. The number of rotatable bonds is 4. The van der Waals surface area contributed by atoms with E-state index < -0.39 is 0 Å². The van der Waals surface area contributed by atoms with Crippen LogP contribution in [0, 0.1) is 5.92 Å². The van der Waals surface area contributed by atoms with E-state index in [4.69, 9.17) is 5.73 Å². The number of hydrogen-bond acceptors (Lipinski definition) is 2. The summed E-state index contributed by atoms with van der Waals surface area (Å²) in [5.41, 5.74) is 6.68. The van der Waals surface area contributed by atoms with Crippen molar-refractivity contribution in [2.24, 2.45) is 11.7 Å². The van der Waals surface area contributed by atoms with E-state index in [1.165, 1.54) is 0 Å². The van der Waals surface area contributed by atoms with Gasteiger partial charge in [0.15, 0.2) is 0 Å². The second-order valence-electron chi connectivity index (χ2n) is 3.58. The largest absolute Gasteiger partial charge is 0.367 e. The maximum Gasteiger partial charge on any atom is 0.224 e. The average molecular weight is 195 g/mol. The van der Waals surface area contributed by atoms with Crippen LogP contribution in [0.1, 0.15) is 19.4 Å². The molecule has 0 saturated carbocycles. The lowest BCUT2D eigenvalue weighted by Crippen LogP contribution is -2.38. The van der Waals surface area contributed by atoms with Gasteiger partial charge in [-0.1, -0.05) is 6.92 Å². The zero-order valence-electron chi connectivity index (χ0n) is 8.58. The molecule has 0 saturated heterocycles. The van der Waals surface area contributed by atoms with Gasteiger partial charge in [-0.05, 0) is 18.6 Å². The Morgan fingerprint density at radius 3 is 2.86 bits per heavy atom. The molecule has 1 amide bonds. The maximum atomic E-state index is 11.5. The van der Waals surface area contributed by atoms with Crippen LogP contribution in [-0.2, 0) is 11.3 Å². The summed E-state index contributed by atoms with van der Waals surface area (Å²) in [7, 11) is 0. The van der Waals surface area contributed by atoms with Crippen LogP contribution >= 0.6 is 0 Å². The van der Waals surface area contributed by atoms with Crippen LogP contribution in [0.15, 0.2) is 18.5 Å². The molecule has 4 nitrogen and oxygen atoms in total. The summed E-state index contributed by atoms with van der Waals surface area (Å²) < 4.78 is 0. The van der Waals surface area contributed by atoms with Crippen molar-refractivity contribution in [3.8, 4) is 0 Å². The summed E-state index contributed by atoms with van der Waals surface area (Å²) in [6, 6.07) is 1.82. The zero-order valence-corrected chi connectivity index (χ0v) is 8.58. The molecule has 0 radical (unpaired) electrons. The molecule has 14 heavy (non-hydrogen) atoms. The third-order valence-electron chi connectivity index (χ3n) is 2.33. The number of amides is 1. The highest BCUT2D eigenvalue weighted by atomic mass is 16.1. The first-order chi connectivity index (χ1) is 6.61. The number of aromatic nitrogens is 1. The van der Waals surface area contributed by atoms with E-state index in [2.05, 4.69) is 10.3 Å². The first-order valence-electron chi connectivity index (χ1n) is 4.76. The van der Waals surface area contributed by atoms with Gasteiger partial charge in [-0.25, -0.2) is 0 Å². The highest BCUT2D eigenvalue weighted by molar-refractivity contribution is 5.78. The molecule has 0 aliphatic rings. The monoisotopic (exact) mass is 195 g/mol. The summed E-state index contributed by atoms with van der Waals surface area (Å²) in [6.07, 6.45) is 3.69. The van der Waals surface area contributed by atoms with Crippen molar-refractivity contribution < 1.29 is 4.79 Å². The Morgan fingerprint density at radius 2 is 2.36 bits per heavy atom. The Kier molecular flexibility index (Phi) is 3.71. The summed E-state index contributed by atoms with van der Waals surface area (Å²) in [6.45, 7) is 4.22. The quantitative estimate of drug-likeness (QED) is 0.659. The van der Waals surface area contributed by atoms with Crippen LogP contribution in [0.3, 0.4) is 0 Å². The molecule has 0 spiro atoms. The second-order valence-corrected chi connectivity index (χ2v) is 3.58. The Hall–Kier alpha value is -1.29. The molecular weight excluding hydrogens is 178 g/mol. The van der Waals surface area contributed by atoms with Crippen molar-refractivity contribution in [2.45, 2.75) is 26.4 Å². The van der Waals surface area contributed by atoms with E-state index in [0.717, 1.165) is 5.56 Å². The van der Waals surface area contributed by atoms with Gasteiger partial charge < -0.3 is 16.0 Å². The minimum atomic E-state index is -0.144. The minimum Gasteiger partial charge on any atom is -0.367 e. The lowest BCUT2D eigenvalue weighted by Gasteiger charge is -2.14. The van der Waals surface area contributed by atoms with Gasteiger partial charge in [-0.3, -0.25) is 4.79 Å². The molecular formula is C10H17N3O. The van der Waals surface area contributed by atoms with Gasteiger partial charge in [-0.2, -0.15) is 0 Å². The fourth-order valence-electron chi connectivity index (χ4n) is 1.06. The number of nitrogens with one attached hydrogen (secondary N) is 2. The highest BCUT2D eigenvalue weighted by Crippen LogP contribution is 2.01. The molecule has 4 N–H and O–H groups in total. The van der Waals surface area contributed by atoms with E-state index >= 15 is 0 Å². The third-order valence-corrected chi connectivity index (χ3v) is 2.33. The molecule has 0 fully saturated rings. The van der Waals surface area contributed by atoms with Crippen molar-refractivity contribution in [1.29, 1.82) is 0 Å². The molecule has 1 rings (SSSR count). The normalized spacial score (nSPS) is 14.8. The highest BCUT2D eigenvalue weighted by Gasteiger charge is 2.16. The van der Waals surface area contributed by atoms with E-state index in [9.17, 15) is 4.79 Å². The molecule has 4 heteroatoms. The molecule has 0 aliphatic carbocycles. The van der Waals surface area contributed by atoms with Crippen LogP contribution in [0.4, 0.5) is 0 Å². The summed E-state index contributed by atoms with van der Waals surface area (Å²) in [5.74, 6) is -0.143. The lowest BCUT2D eigenvalue weighted by atomic mass is 10.0. The van der Waals surface area contributed by atoms with Gasteiger partial charge in [0.25, 0.3) is 0 Å². The SMILES string of the molecule is CC(N)C(C)C(=O)NCc1cc[nH]c1. The molecule has 0 aliphatic heterocycles. The van der Waals surface area contributed by atoms with Crippen molar-refractivity contribution in [3.63, 3.8) is 0 Å². The minimum absolute atomic E-state index is 0.00111. The van der Waals surface area contributed by atoms with Crippen LogP contribution in [0.5, 0.6) is 0 Å². The number of carbonyl (C=O) groups is 1. The van der Waals surface area contributed by atoms with Gasteiger partial charge in [0.05, 0.1) is 0 Å². The molecule has 1 heterocycles. The van der Waals surface area contributed by atoms with Crippen LogP contribution in [-0.4, -0.2) is 16.9 Å². The number of hydrogen-bond donors (Lipinski definition) is 3. The molecule has 0 aromatic carbocycles. The smallest absolute Gasteiger partial charge is 0.224 e. The number of aromatic amines is 1. The van der Waals surface area contributed by atoms with E-state index in [-0.39, 0.29) is 17.9 Å². The maximum absolute atomic E-state index is 11.5. The standard InChI is InChI=1S/C10H17N3O/c1-7(8(2)11)10(14)13-6-9-3-4-12-5-9/h3-5,7-8,12H,6,11H2,1-2H3,(H,13,14). The van der Waals surface area contributed by atoms with Crippen LogP contribution < -0.4 is 11.1 Å². The number of carbonyl (C=O) groups excluding carboxylic acids is 1. The Balaban J connectivity index is 2.35. The molecule has 1 aromatic rings. The van der Waals surface area contributed by atoms with E-state index in [1.807, 2.05) is 32.3 Å². The summed E-state index contributed by atoms with van der Waals surface area (Å²) in [5, 5.41) is 2.83. The molecule has 78 valence electrons. The predicted molar refractivity (Wildman–Crippen MR) is 55.5 cm³/mol. The predicted octanol–water partition coefficient (Wildman–Crippen LogP) is 0.614. The third kappa shape index (κ3) is 2.88. The summed E-state index contributed by atoms with van der Waals surface area (Å²) >= 11 is 0. The van der Waals surface area contributed by atoms with Gasteiger partial charge in [-0.15, -0.1) is 0 Å². The van der Waals surface area contributed by atoms with Crippen LogP contribution in [0.25, 0.3) is 0 Å². The zero-order chi connectivity index (χ0) is 10.6. The second kappa shape index (κ2) is 4.81. The van der Waals surface area contributed by atoms with Crippen molar-refractivity contribution >= 4 is 5.91 Å². The van der Waals surface area contributed by atoms with Crippen molar-refractivity contribution in [2.75, 3.05) is 0 Å². The van der Waals surface area contributed by atoms with Gasteiger partial charge in [0.2, 0.25) is 5.91 Å². The Morgan fingerprint density at radius 1 is 1.64 bits per heavy atom.